The Hall–Kier alpha value is -3.53. The van der Waals surface area contributed by atoms with Crippen molar-refractivity contribution in [3.05, 3.63) is 71.6 Å². The molecule has 0 atom stereocenters. The van der Waals surface area contributed by atoms with Crippen LogP contribution in [0.5, 0.6) is 23.3 Å². The zero-order valence-electron chi connectivity index (χ0n) is 13.0. The van der Waals surface area contributed by atoms with E-state index in [1.165, 1.54) is 31.5 Å². The highest BCUT2D eigenvalue weighted by atomic mass is 19.1. The van der Waals surface area contributed by atoms with E-state index >= 15 is 0 Å². The third-order valence-electron chi connectivity index (χ3n) is 3.26. The van der Waals surface area contributed by atoms with Crippen LogP contribution in [-0.2, 0) is 0 Å². The predicted molar refractivity (Wildman–Crippen MR) is 84.4 cm³/mol. The molecule has 0 amide bonds. The molecule has 5 nitrogen and oxygen atoms in total. The maximum Gasteiger partial charge on any atom is 0.259 e. The summed E-state index contributed by atoms with van der Waals surface area (Å²) in [4.78, 5) is 7.62. The van der Waals surface area contributed by atoms with Gasteiger partial charge in [-0.15, -0.1) is 0 Å². The predicted octanol–water partition coefficient (Wildman–Crippen LogP) is 4.52. The van der Waals surface area contributed by atoms with Gasteiger partial charge in [-0.25, -0.2) is 8.78 Å². The zero-order valence-corrected chi connectivity index (χ0v) is 13.0. The number of hydrogen-bond acceptors (Lipinski definition) is 5. The third-order valence-corrected chi connectivity index (χ3v) is 3.26. The molecule has 0 saturated carbocycles. The van der Waals surface area contributed by atoms with E-state index in [2.05, 4.69) is 9.97 Å². The molecule has 0 bridgehead atoms. The van der Waals surface area contributed by atoms with Crippen LogP contribution in [0.4, 0.5) is 8.78 Å². The molecule has 0 aliphatic heterocycles. The van der Waals surface area contributed by atoms with Crippen molar-refractivity contribution >= 4 is 0 Å². The fraction of sp³-hybridized carbons (Fsp3) is 0.0556. The van der Waals surface area contributed by atoms with Gasteiger partial charge >= 0.3 is 0 Å². The topological polar surface area (TPSA) is 68.0 Å². The lowest BCUT2D eigenvalue weighted by Gasteiger charge is -2.12. The molecule has 7 heteroatoms. The molecule has 0 unspecified atom stereocenters. The summed E-state index contributed by atoms with van der Waals surface area (Å²) in [5.41, 5.74) is 0.0453. The minimum atomic E-state index is -0.946. The SMILES string of the molecule is Cc1c(F)c(Oc2cccnc2)nc(Oc2cccc(C#N)c2)c1F. The summed E-state index contributed by atoms with van der Waals surface area (Å²) in [5.74, 6) is -2.31. The molecule has 0 fully saturated rings. The molecule has 0 spiro atoms. The second kappa shape index (κ2) is 6.93. The first-order valence-electron chi connectivity index (χ1n) is 7.20. The van der Waals surface area contributed by atoms with Crippen molar-refractivity contribution in [1.29, 1.82) is 5.26 Å². The lowest BCUT2D eigenvalue weighted by atomic mass is 10.2. The van der Waals surface area contributed by atoms with Crippen LogP contribution >= 0.6 is 0 Å². The van der Waals surface area contributed by atoms with E-state index in [9.17, 15) is 8.78 Å². The van der Waals surface area contributed by atoms with Crippen LogP contribution in [0.15, 0.2) is 48.8 Å². The highest BCUT2D eigenvalue weighted by Crippen LogP contribution is 2.32. The number of benzene rings is 1. The number of aromatic nitrogens is 2. The fourth-order valence-corrected chi connectivity index (χ4v) is 2.00. The van der Waals surface area contributed by atoms with E-state index < -0.39 is 23.4 Å². The Balaban J connectivity index is 1.97. The standard InChI is InChI=1S/C18H11F2N3O2/c1-11-15(19)17(24-13-5-2-4-12(8-13)9-21)23-18(16(11)20)25-14-6-3-7-22-10-14/h2-8,10H,1H3. The van der Waals surface area contributed by atoms with E-state index in [1.807, 2.05) is 6.07 Å². The molecule has 0 saturated heterocycles. The summed E-state index contributed by atoms with van der Waals surface area (Å²) in [6.45, 7) is 1.25. The molecule has 0 N–H and O–H groups in total. The Morgan fingerprint density at radius 2 is 1.68 bits per heavy atom. The molecular formula is C18H11F2N3O2. The van der Waals surface area contributed by atoms with Crippen molar-refractivity contribution in [3.63, 3.8) is 0 Å². The normalized spacial score (nSPS) is 10.2. The molecule has 0 aliphatic carbocycles. The largest absolute Gasteiger partial charge is 0.436 e. The van der Waals surface area contributed by atoms with Crippen molar-refractivity contribution in [2.75, 3.05) is 0 Å². The average Bonchev–Trinajstić information content (AvgIpc) is 2.65. The summed E-state index contributed by atoms with van der Waals surface area (Å²) in [5, 5.41) is 8.90. The Labute approximate surface area is 142 Å². The Bertz CT molecular complexity index is 957. The first-order valence-corrected chi connectivity index (χ1v) is 7.20. The molecule has 1 aromatic carbocycles. The van der Waals surface area contributed by atoms with Gasteiger partial charge in [0, 0.05) is 11.8 Å². The lowest BCUT2D eigenvalue weighted by Crippen LogP contribution is -2.02. The van der Waals surface area contributed by atoms with Crippen LogP contribution in [0.1, 0.15) is 11.1 Å². The maximum atomic E-state index is 14.3. The van der Waals surface area contributed by atoms with E-state index in [0.29, 0.717) is 5.56 Å². The first-order chi connectivity index (χ1) is 12.1. The molecule has 3 rings (SSSR count). The number of nitriles is 1. The summed E-state index contributed by atoms with van der Waals surface area (Å²) < 4.78 is 39.2. The number of pyridine rings is 2. The molecule has 124 valence electrons. The summed E-state index contributed by atoms with van der Waals surface area (Å²) in [6, 6.07) is 11.2. The van der Waals surface area contributed by atoms with Crippen LogP contribution in [0.2, 0.25) is 0 Å². The maximum absolute atomic E-state index is 14.3. The zero-order chi connectivity index (χ0) is 17.8. The number of hydrogen-bond donors (Lipinski definition) is 0. The monoisotopic (exact) mass is 339 g/mol. The van der Waals surface area contributed by atoms with Gasteiger partial charge in [-0.2, -0.15) is 10.2 Å². The molecule has 3 aromatic rings. The van der Waals surface area contributed by atoms with Crippen LogP contribution in [-0.4, -0.2) is 9.97 Å². The van der Waals surface area contributed by atoms with Crippen LogP contribution < -0.4 is 9.47 Å². The van der Waals surface area contributed by atoms with Crippen LogP contribution in [0.25, 0.3) is 0 Å². The Morgan fingerprint density at radius 1 is 1.00 bits per heavy atom. The smallest absolute Gasteiger partial charge is 0.259 e. The van der Waals surface area contributed by atoms with Gasteiger partial charge in [-0.3, -0.25) is 4.98 Å². The van der Waals surface area contributed by atoms with Gasteiger partial charge in [-0.1, -0.05) is 6.07 Å². The number of rotatable bonds is 4. The van der Waals surface area contributed by atoms with Crippen LogP contribution in [0, 0.1) is 29.9 Å². The molecule has 25 heavy (non-hydrogen) atoms. The summed E-state index contributed by atoms with van der Waals surface area (Å²) >= 11 is 0. The van der Waals surface area contributed by atoms with Crippen LogP contribution in [0.3, 0.4) is 0 Å². The lowest BCUT2D eigenvalue weighted by molar-refractivity contribution is 0.372. The molecule has 0 aliphatic rings. The van der Waals surface area contributed by atoms with Crippen molar-refractivity contribution in [1.82, 2.24) is 9.97 Å². The summed E-state index contributed by atoms with van der Waals surface area (Å²) in [6.07, 6.45) is 2.90. The van der Waals surface area contributed by atoms with Gasteiger partial charge in [-0.05, 0) is 37.3 Å². The van der Waals surface area contributed by atoms with E-state index in [4.69, 9.17) is 14.7 Å². The van der Waals surface area contributed by atoms with Gasteiger partial charge in [0.05, 0.1) is 17.8 Å². The van der Waals surface area contributed by atoms with Crippen molar-refractivity contribution < 1.29 is 18.3 Å². The van der Waals surface area contributed by atoms with E-state index in [1.54, 1.807) is 24.3 Å². The first kappa shape index (κ1) is 16.3. The van der Waals surface area contributed by atoms with E-state index in [0.717, 1.165) is 0 Å². The van der Waals surface area contributed by atoms with Gasteiger partial charge in [0.1, 0.15) is 11.5 Å². The van der Waals surface area contributed by atoms with Gasteiger partial charge in [0.15, 0.2) is 11.6 Å². The number of ether oxygens (including phenoxy) is 2. The molecule has 2 aromatic heterocycles. The third kappa shape index (κ3) is 3.53. The van der Waals surface area contributed by atoms with Gasteiger partial charge in [0.25, 0.3) is 11.8 Å². The van der Waals surface area contributed by atoms with Gasteiger partial charge < -0.3 is 9.47 Å². The molecular weight excluding hydrogens is 328 g/mol. The second-order valence-corrected chi connectivity index (χ2v) is 5.01. The molecule has 0 radical (unpaired) electrons. The minimum Gasteiger partial charge on any atom is -0.436 e. The fourth-order valence-electron chi connectivity index (χ4n) is 2.00. The van der Waals surface area contributed by atoms with Crippen molar-refractivity contribution in [2.45, 2.75) is 6.92 Å². The average molecular weight is 339 g/mol. The Morgan fingerprint density at radius 3 is 2.32 bits per heavy atom. The summed E-state index contributed by atoms with van der Waals surface area (Å²) in [7, 11) is 0. The quantitative estimate of drug-likeness (QED) is 0.699. The number of nitrogens with zero attached hydrogens (tertiary/aromatic N) is 3. The minimum absolute atomic E-state index is 0.198. The second-order valence-electron chi connectivity index (χ2n) is 5.01. The molecule has 2 heterocycles. The highest BCUT2D eigenvalue weighted by molar-refractivity contribution is 5.40. The van der Waals surface area contributed by atoms with Crippen molar-refractivity contribution in [3.8, 4) is 29.3 Å². The van der Waals surface area contributed by atoms with Crippen molar-refractivity contribution in [2.24, 2.45) is 0 Å². The van der Waals surface area contributed by atoms with Gasteiger partial charge in [0.2, 0.25) is 0 Å². The van der Waals surface area contributed by atoms with E-state index in [-0.39, 0.29) is 17.1 Å². The highest BCUT2D eigenvalue weighted by Gasteiger charge is 2.20. The number of halogens is 2. The Kier molecular flexibility index (Phi) is 4.53.